The third-order valence-electron chi connectivity index (χ3n) is 3.09. The maximum absolute atomic E-state index is 8.54. The molecule has 98 valence electrons. The number of aromatic nitrogens is 1. The number of ether oxygens (including phenoxy) is 1. The summed E-state index contributed by atoms with van der Waals surface area (Å²) >= 11 is 0. The maximum atomic E-state index is 8.54. The minimum atomic E-state index is 0.0494. The van der Waals surface area contributed by atoms with Gasteiger partial charge in [-0.15, -0.1) is 0 Å². The number of likely N-dealkylation sites (tertiary alicyclic amines) is 1. The van der Waals surface area contributed by atoms with Crippen molar-refractivity contribution in [3.8, 4) is 5.88 Å². The molecule has 0 aromatic carbocycles. The van der Waals surface area contributed by atoms with Crippen LogP contribution in [0.15, 0.2) is 23.5 Å². The molecular formula is C12H18N4O2. The molecule has 0 atom stereocenters. The van der Waals surface area contributed by atoms with E-state index in [0.29, 0.717) is 11.4 Å². The molecule has 18 heavy (non-hydrogen) atoms. The smallest absolute Gasteiger partial charge is 0.213 e. The number of hydrogen-bond donors (Lipinski definition) is 2. The van der Waals surface area contributed by atoms with E-state index >= 15 is 0 Å². The molecule has 0 unspecified atom stereocenters. The van der Waals surface area contributed by atoms with Crippen LogP contribution < -0.4 is 10.5 Å². The van der Waals surface area contributed by atoms with Crippen molar-refractivity contribution in [2.45, 2.75) is 18.9 Å². The molecule has 1 aliphatic rings. The molecule has 0 amide bonds. The Balaban J connectivity index is 1.94. The number of nitrogens with zero attached hydrogens (tertiary/aromatic N) is 3. The Labute approximate surface area is 106 Å². The highest BCUT2D eigenvalue weighted by Crippen LogP contribution is 2.16. The second kappa shape index (κ2) is 5.68. The van der Waals surface area contributed by atoms with Crippen molar-refractivity contribution in [3.63, 3.8) is 0 Å². The van der Waals surface area contributed by atoms with Crippen molar-refractivity contribution in [1.82, 2.24) is 9.88 Å². The van der Waals surface area contributed by atoms with Gasteiger partial charge in [-0.1, -0.05) is 5.16 Å². The summed E-state index contributed by atoms with van der Waals surface area (Å²) in [6.07, 6.45) is 3.79. The van der Waals surface area contributed by atoms with Crippen LogP contribution in [-0.4, -0.2) is 47.2 Å². The van der Waals surface area contributed by atoms with Crippen molar-refractivity contribution in [2.24, 2.45) is 10.9 Å². The van der Waals surface area contributed by atoms with Crippen molar-refractivity contribution >= 4 is 5.84 Å². The van der Waals surface area contributed by atoms with Crippen molar-refractivity contribution < 1.29 is 9.94 Å². The van der Waals surface area contributed by atoms with Crippen LogP contribution in [0.3, 0.4) is 0 Å². The molecule has 1 aromatic rings. The predicted molar refractivity (Wildman–Crippen MR) is 67.9 cm³/mol. The fourth-order valence-electron chi connectivity index (χ4n) is 1.93. The van der Waals surface area contributed by atoms with Gasteiger partial charge in [-0.25, -0.2) is 4.98 Å². The molecule has 3 N–H and O–H groups in total. The lowest BCUT2D eigenvalue weighted by Crippen LogP contribution is -2.35. The largest absolute Gasteiger partial charge is 0.474 e. The highest BCUT2D eigenvalue weighted by atomic mass is 16.5. The van der Waals surface area contributed by atoms with E-state index in [4.69, 9.17) is 15.7 Å². The number of pyridine rings is 1. The van der Waals surface area contributed by atoms with Gasteiger partial charge >= 0.3 is 0 Å². The Morgan fingerprint density at radius 2 is 2.22 bits per heavy atom. The molecule has 2 rings (SSSR count). The first kappa shape index (κ1) is 12.6. The highest BCUT2D eigenvalue weighted by Gasteiger charge is 2.18. The van der Waals surface area contributed by atoms with E-state index in [1.165, 1.54) is 0 Å². The molecule has 0 spiro atoms. The fourth-order valence-corrected chi connectivity index (χ4v) is 1.93. The van der Waals surface area contributed by atoms with Gasteiger partial charge in [0, 0.05) is 30.9 Å². The van der Waals surface area contributed by atoms with E-state index < -0.39 is 0 Å². The fraction of sp³-hybridized carbons (Fsp3) is 0.500. The molecule has 0 radical (unpaired) electrons. The molecule has 6 nitrogen and oxygen atoms in total. The van der Waals surface area contributed by atoms with Crippen molar-refractivity contribution in [2.75, 3.05) is 20.1 Å². The third kappa shape index (κ3) is 3.10. The van der Waals surface area contributed by atoms with E-state index in [2.05, 4.69) is 22.1 Å². The van der Waals surface area contributed by atoms with Crippen LogP contribution in [-0.2, 0) is 0 Å². The van der Waals surface area contributed by atoms with Gasteiger partial charge in [-0.3, -0.25) is 0 Å². The number of amidine groups is 1. The number of hydrogen-bond acceptors (Lipinski definition) is 5. The van der Waals surface area contributed by atoms with Gasteiger partial charge < -0.3 is 20.6 Å². The lowest BCUT2D eigenvalue weighted by molar-refractivity contribution is 0.110. The van der Waals surface area contributed by atoms with Crippen LogP contribution in [0.2, 0.25) is 0 Å². The minimum absolute atomic E-state index is 0.0494. The average Bonchev–Trinajstić information content (AvgIpc) is 2.41. The third-order valence-corrected chi connectivity index (χ3v) is 3.09. The number of piperidine rings is 1. The maximum Gasteiger partial charge on any atom is 0.213 e. The van der Waals surface area contributed by atoms with Crippen molar-refractivity contribution in [3.05, 3.63) is 23.9 Å². The Kier molecular flexibility index (Phi) is 3.99. The Morgan fingerprint density at radius 3 is 2.78 bits per heavy atom. The molecule has 0 bridgehead atoms. The van der Waals surface area contributed by atoms with E-state index in [1.54, 1.807) is 18.3 Å². The lowest BCUT2D eigenvalue weighted by Gasteiger charge is -2.28. The summed E-state index contributed by atoms with van der Waals surface area (Å²) < 4.78 is 5.79. The summed E-state index contributed by atoms with van der Waals surface area (Å²) in [5.41, 5.74) is 6.03. The van der Waals surface area contributed by atoms with E-state index in [9.17, 15) is 0 Å². The lowest BCUT2D eigenvalue weighted by atomic mass is 10.1. The van der Waals surface area contributed by atoms with Gasteiger partial charge in [0.15, 0.2) is 5.84 Å². The molecule has 2 heterocycles. The van der Waals surface area contributed by atoms with Crippen LogP contribution in [0, 0.1) is 0 Å². The van der Waals surface area contributed by atoms with E-state index in [-0.39, 0.29) is 11.9 Å². The molecule has 1 saturated heterocycles. The molecule has 6 heteroatoms. The van der Waals surface area contributed by atoms with Gasteiger partial charge in [0.1, 0.15) is 6.10 Å². The normalized spacial score (nSPS) is 18.8. The van der Waals surface area contributed by atoms with Crippen LogP contribution in [0.4, 0.5) is 0 Å². The van der Waals surface area contributed by atoms with Gasteiger partial charge in [-0.05, 0) is 26.0 Å². The highest BCUT2D eigenvalue weighted by molar-refractivity contribution is 5.96. The summed E-state index contributed by atoms with van der Waals surface area (Å²) in [5, 5.41) is 11.5. The average molecular weight is 250 g/mol. The Hall–Kier alpha value is -1.82. The van der Waals surface area contributed by atoms with Crippen LogP contribution in [0.1, 0.15) is 18.4 Å². The number of oxime groups is 1. The van der Waals surface area contributed by atoms with Crippen LogP contribution in [0.5, 0.6) is 5.88 Å². The van der Waals surface area contributed by atoms with Gasteiger partial charge in [0.05, 0.1) is 0 Å². The molecule has 0 aliphatic carbocycles. The summed E-state index contributed by atoms with van der Waals surface area (Å²) in [6.45, 7) is 2.10. The second-order valence-electron chi connectivity index (χ2n) is 4.49. The zero-order chi connectivity index (χ0) is 13.0. The Bertz CT molecular complexity index is 411. The predicted octanol–water partition coefficient (Wildman–Crippen LogP) is 0.649. The molecule has 0 saturated carbocycles. The van der Waals surface area contributed by atoms with Gasteiger partial charge in [0.25, 0.3) is 0 Å². The zero-order valence-corrected chi connectivity index (χ0v) is 10.4. The van der Waals surface area contributed by atoms with Gasteiger partial charge in [0.2, 0.25) is 5.88 Å². The first-order chi connectivity index (χ1) is 8.69. The van der Waals surface area contributed by atoms with Crippen LogP contribution >= 0.6 is 0 Å². The zero-order valence-electron chi connectivity index (χ0n) is 10.4. The summed E-state index contributed by atoms with van der Waals surface area (Å²) in [4.78, 5) is 6.44. The second-order valence-corrected chi connectivity index (χ2v) is 4.49. The molecule has 1 fully saturated rings. The SMILES string of the molecule is CN1CCC(Oc2ccc(/C(N)=N/O)cn2)CC1. The number of nitrogens with two attached hydrogens (primary N) is 1. The summed E-state index contributed by atoms with van der Waals surface area (Å²) in [7, 11) is 2.11. The monoisotopic (exact) mass is 250 g/mol. The molecule has 1 aliphatic heterocycles. The Morgan fingerprint density at radius 1 is 1.50 bits per heavy atom. The van der Waals surface area contributed by atoms with E-state index in [0.717, 1.165) is 25.9 Å². The topological polar surface area (TPSA) is 84.0 Å². The summed E-state index contributed by atoms with van der Waals surface area (Å²) in [6, 6.07) is 3.47. The van der Waals surface area contributed by atoms with Crippen molar-refractivity contribution in [1.29, 1.82) is 0 Å². The van der Waals surface area contributed by atoms with Crippen LogP contribution in [0.25, 0.3) is 0 Å². The summed E-state index contributed by atoms with van der Waals surface area (Å²) in [5.74, 6) is 0.632. The number of rotatable bonds is 3. The van der Waals surface area contributed by atoms with E-state index in [1.807, 2.05) is 0 Å². The quantitative estimate of drug-likeness (QED) is 0.356. The first-order valence-corrected chi connectivity index (χ1v) is 5.98. The first-order valence-electron chi connectivity index (χ1n) is 5.98. The minimum Gasteiger partial charge on any atom is -0.474 e. The molecular weight excluding hydrogens is 232 g/mol. The van der Waals surface area contributed by atoms with Gasteiger partial charge in [-0.2, -0.15) is 0 Å². The molecule has 1 aromatic heterocycles. The standard InChI is InChI=1S/C12H18N4O2/c1-16-6-4-10(5-7-16)18-11-3-2-9(8-14-11)12(13)15-17/h2-3,8,10,17H,4-7H2,1H3,(H2,13,15).